The molecule has 0 aliphatic heterocycles. The summed E-state index contributed by atoms with van der Waals surface area (Å²) in [6.07, 6.45) is 1.81. The normalized spacial score (nSPS) is 9.54. The van der Waals surface area contributed by atoms with Crippen LogP contribution in [0.3, 0.4) is 0 Å². The Morgan fingerprint density at radius 3 is 2.85 bits per heavy atom. The van der Waals surface area contributed by atoms with Crippen LogP contribution in [0.15, 0.2) is 54.0 Å². The molecule has 0 bridgehead atoms. The standard InChI is InChI=1S/C11H9NS/c1-4-8-12-10-6-2-3-7-11(10)13-9-5-1/h1-9H. The Labute approximate surface area is 81.0 Å². The van der Waals surface area contributed by atoms with Crippen molar-refractivity contribution in [2.45, 2.75) is 0 Å². The maximum atomic E-state index is 4.33. The molecule has 2 aromatic rings. The zero-order chi connectivity index (χ0) is 8.93. The lowest BCUT2D eigenvalue weighted by molar-refractivity contribution is 1.44. The van der Waals surface area contributed by atoms with Crippen molar-refractivity contribution >= 4 is 21.6 Å². The molecule has 1 aromatic carbocycles. The number of rotatable bonds is 0. The minimum Gasteiger partial charge on any atom is -0.255 e. The van der Waals surface area contributed by atoms with Gasteiger partial charge in [-0.3, -0.25) is 4.98 Å². The van der Waals surface area contributed by atoms with Gasteiger partial charge in [-0.15, -0.1) is 11.3 Å². The van der Waals surface area contributed by atoms with Crippen molar-refractivity contribution in [3.63, 3.8) is 0 Å². The van der Waals surface area contributed by atoms with E-state index >= 15 is 0 Å². The summed E-state index contributed by atoms with van der Waals surface area (Å²) in [5, 5.41) is 2.06. The van der Waals surface area contributed by atoms with Crippen LogP contribution in [0.2, 0.25) is 0 Å². The van der Waals surface area contributed by atoms with Crippen molar-refractivity contribution in [2.75, 3.05) is 0 Å². The highest BCUT2D eigenvalue weighted by Gasteiger charge is 1.85. The fourth-order valence-corrected chi connectivity index (χ4v) is 1.77. The molecule has 0 atom stereocenters. The lowest BCUT2D eigenvalue weighted by Gasteiger charge is -1.87. The Balaban J connectivity index is 2.82. The molecule has 13 heavy (non-hydrogen) atoms. The van der Waals surface area contributed by atoms with Crippen LogP contribution in [-0.2, 0) is 0 Å². The Bertz CT molecular complexity index is 406. The molecule has 0 fully saturated rings. The van der Waals surface area contributed by atoms with Crippen molar-refractivity contribution < 1.29 is 0 Å². The first-order valence-electron chi connectivity index (χ1n) is 4.08. The summed E-state index contributed by atoms with van der Waals surface area (Å²) in [7, 11) is 0. The van der Waals surface area contributed by atoms with Gasteiger partial charge in [0, 0.05) is 6.20 Å². The van der Waals surface area contributed by atoms with E-state index in [2.05, 4.69) is 16.4 Å². The number of nitrogens with zero attached hydrogens (tertiary/aromatic N) is 1. The van der Waals surface area contributed by atoms with Crippen molar-refractivity contribution in [3.05, 3.63) is 54.0 Å². The number of para-hydroxylation sites is 1. The summed E-state index contributed by atoms with van der Waals surface area (Å²) < 4.78 is 1.19. The Morgan fingerprint density at radius 1 is 0.923 bits per heavy atom. The smallest absolute Gasteiger partial charge is 0.0801 e. The summed E-state index contributed by atoms with van der Waals surface area (Å²) in [4.78, 5) is 4.33. The van der Waals surface area contributed by atoms with Crippen molar-refractivity contribution in [3.8, 4) is 0 Å². The largest absolute Gasteiger partial charge is 0.255 e. The van der Waals surface area contributed by atoms with E-state index in [-0.39, 0.29) is 0 Å². The summed E-state index contributed by atoms with van der Waals surface area (Å²) in [6.45, 7) is 0. The van der Waals surface area contributed by atoms with Gasteiger partial charge in [-0.05, 0) is 23.6 Å². The van der Waals surface area contributed by atoms with E-state index in [0.717, 1.165) is 5.52 Å². The summed E-state index contributed by atoms with van der Waals surface area (Å²) in [5.41, 5.74) is 1.03. The molecule has 0 unspecified atom stereocenters. The molecule has 1 heterocycles. The zero-order valence-corrected chi connectivity index (χ0v) is 7.87. The third kappa shape index (κ3) is 2.04. The number of aromatic nitrogens is 1. The van der Waals surface area contributed by atoms with Gasteiger partial charge in [0.05, 0.1) is 10.2 Å². The Morgan fingerprint density at radius 2 is 1.85 bits per heavy atom. The van der Waals surface area contributed by atoms with E-state index in [1.807, 2.05) is 42.6 Å². The number of hydrogen-bond donors (Lipinski definition) is 0. The molecule has 0 N–H and O–H groups in total. The fraction of sp³-hybridized carbons (Fsp3) is 0. The first-order chi connectivity index (χ1) is 6.47. The molecule has 0 saturated heterocycles. The van der Waals surface area contributed by atoms with Gasteiger partial charge in [0.2, 0.25) is 0 Å². The molecule has 0 radical (unpaired) electrons. The molecular formula is C11H9NS. The van der Waals surface area contributed by atoms with E-state index < -0.39 is 0 Å². The molecule has 2 rings (SSSR count). The lowest BCUT2D eigenvalue weighted by Crippen LogP contribution is -1.67. The second-order valence-corrected chi connectivity index (χ2v) is 3.52. The molecule has 0 spiro atoms. The highest BCUT2D eigenvalue weighted by Crippen LogP contribution is 2.12. The van der Waals surface area contributed by atoms with E-state index in [1.165, 1.54) is 4.70 Å². The van der Waals surface area contributed by atoms with Crippen molar-refractivity contribution in [2.24, 2.45) is 0 Å². The second-order valence-electron chi connectivity index (χ2n) is 2.58. The van der Waals surface area contributed by atoms with Crippen LogP contribution in [0.25, 0.3) is 10.2 Å². The monoisotopic (exact) mass is 187 g/mol. The molecule has 1 nitrogen and oxygen atoms in total. The van der Waals surface area contributed by atoms with E-state index in [4.69, 9.17) is 0 Å². The second kappa shape index (κ2) is 4.01. The first kappa shape index (κ1) is 8.20. The number of fused-ring (bicyclic) bond motifs is 1. The molecule has 64 valence electrons. The topological polar surface area (TPSA) is 12.9 Å². The molecular weight excluding hydrogens is 178 g/mol. The predicted molar refractivity (Wildman–Crippen MR) is 57.2 cm³/mol. The van der Waals surface area contributed by atoms with Crippen LogP contribution in [0.5, 0.6) is 0 Å². The van der Waals surface area contributed by atoms with Gasteiger partial charge >= 0.3 is 0 Å². The first-order valence-corrected chi connectivity index (χ1v) is 4.96. The fourth-order valence-electron chi connectivity index (χ4n) is 1.06. The van der Waals surface area contributed by atoms with Crippen LogP contribution < -0.4 is 0 Å². The maximum Gasteiger partial charge on any atom is 0.0801 e. The number of hydrogen-bond acceptors (Lipinski definition) is 2. The van der Waals surface area contributed by atoms with Gasteiger partial charge in [-0.1, -0.05) is 24.3 Å². The number of benzene rings is 1. The molecule has 2 heteroatoms. The van der Waals surface area contributed by atoms with Crippen LogP contribution >= 0.6 is 11.3 Å². The summed E-state index contributed by atoms with van der Waals surface area (Å²) in [5.74, 6) is 0. The Kier molecular flexibility index (Phi) is 2.53. The average Bonchev–Trinajstić information content (AvgIpc) is 2.28. The molecule has 1 aromatic heterocycles. The minimum atomic E-state index is 1.03. The van der Waals surface area contributed by atoms with Gasteiger partial charge in [-0.2, -0.15) is 0 Å². The minimum absolute atomic E-state index is 1.03. The molecule has 0 aliphatic rings. The van der Waals surface area contributed by atoms with Crippen LogP contribution in [0, 0.1) is 0 Å². The van der Waals surface area contributed by atoms with E-state index in [9.17, 15) is 0 Å². The van der Waals surface area contributed by atoms with Gasteiger partial charge in [0.25, 0.3) is 0 Å². The molecule has 0 saturated carbocycles. The average molecular weight is 187 g/mol. The van der Waals surface area contributed by atoms with Crippen LogP contribution in [0.4, 0.5) is 0 Å². The SMILES string of the molecule is c1ccnc2ccccc2scc1. The third-order valence-corrected chi connectivity index (χ3v) is 2.55. The van der Waals surface area contributed by atoms with Crippen molar-refractivity contribution in [1.82, 2.24) is 4.98 Å². The highest BCUT2D eigenvalue weighted by atomic mass is 32.1. The summed E-state index contributed by atoms with van der Waals surface area (Å²) in [6, 6.07) is 14.0. The van der Waals surface area contributed by atoms with Gasteiger partial charge in [-0.25, -0.2) is 0 Å². The van der Waals surface area contributed by atoms with E-state index in [1.54, 1.807) is 11.3 Å². The van der Waals surface area contributed by atoms with E-state index in [0.29, 0.717) is 0 Å². The van der Waals surface area contributed by atoms with Gasteiger partial charge < -0.3 is 0 Å². The van der Waals surface area contributed by atoms with Gasteiger partial charge in [0.1, 0.15) is 0 Å². The third-order valence-electron chi connectivity index (χ3n) is 1.66. The molecule has 0 amide bonds. The zero-order valence-electron chi connectivity index (χ0n) is 7.05. The molecule has 0 aliphatic carbocycles. The van der Waals surface area contributed by atoms with Crippen LogP contribution in [0.1, 0.15) is 0 Å². The maximum absolute atomic E-state index is 4.33. The Hall–Kier alpha value is -1.41. The van der Waals surface area contributed by atoms with Gasteiger partial charge in [0.15, 0.2) is 0 Å². The summed E-state index contributed by atoms with van der Waals surface area (Å²) >= 11 is 1.69. The quantitative estimate of drug-likeness (QED) is 0.615. The highest BCUT2D eigenvalue weighted by molar-refractivity contribution is 7.16. The van der Waals surface area contributed by atoms with Crippen LogP contribution in [-0.4, -0.2) is 4.98 Å². The van der Waals surface area contributed by atoms with Crippen molar-refractivity contribution in [1.29, 1.82) is 0 Å². The predicted octanol–water partition coefficient (Wildman–Crippen LogP) is 3.42. The lowest BCUT2D eigenvalue weighted by atomic mass is 10.3.